The van der Waals surface area contributed by atoms with Crippen LogP contribution in [0.25, 0.3) is 11.0 Å². The Morgan fingerprint density at radius 1 is 1.15 bits per heavy atom. The highest BCUT2D eigenvalue weighted by Gasteiger charge is 2.33. The molecule has 0 spiro atoms. The molecule has 1 aromatic carbocycles. The van der Waals surface area contributed by atoms with Crippen LogP contribution in [0.3, 0.4) is 0 Å². The number of carbonyl (C=O) groups is 1. The number of nitrogens with zero attached hydrogens (tertiary/aromatic N) is 2. The molecule has 3 aliphatic rings. The van der Waals surface area contributed by atoms with Gasteiger partial charge in [-0.25, -0.2) is 0 Å². The van der Waals surface area contributed by atoms with Crippen LogP contribution in [0.5, 0.6) is 11.6 Å². The highest BCUT2D eigenvalue weighted by molar-refractivity contribution is 5.88. The molecule has 0 radical (unpaired) electrons. The minimum atomic E-state index is -0.430. The fourth-order valence-corrected chi connectivity index (χ4v) is 5.86. The largest absolute Gasteiger partial charge is 0.487 e. The second kappa shape index (κ2) is 10.5. The zero-order valence-electron chi connectivity index (χ0n) is 20.0. The number of rotatable bonds is 8. The second-order valence-corrected chi connectivity index (χ2v) is 10.2. The molecule has 2 aliphatic carbocycles. The third kappa shape index (κ3) is 5.18. The predicted octanol–water partition coefficient (Wildman–Crippen LogP) is 3.80. The van der Waals surface area contributed by atoms with Crippen LogP contribution in [-0.4, -0.2) is 66.7 Å². The molecular weight excluding hydrogens is 436 g/mol. The Morgan fingerprint density at radius 2 is 2.00 bits per heavy atom. The molecule has 8 nitrogen and oxygen atoms in total. The summed E-state index contributed by atoms with van der Waals surface area (Å²) in [5.74, 6) is 2.24. The van der Waals surface area contributed by atoms with Crippen LogP contribution in [-0.2, 0) is 9.53 Å². The average Bonchev–Trinajstić information content (AvgIpc) is 3.59. The molecule has 186 valence electrons. The van der Waals surface area contributed by atoms with Crippen LogP contribution >= 0.6 is 0 Å². The molecule has 4 atom stereocenters. The molecule has 0 bridgehead atoms. The van der Waals surface area contributed by atoms with Gasteiger partial charge in [0, 0.05) is 6.54 Å². The maximum Gasteiger partial charge on any atom is 0.308 e. The molecule has 1 aliphatic heterocycles. The Hall–Kier alpha value is -2.32. The topological polar surface area (TPSA) is 94.3 Å². The van der Waals surface area contributed by atoms with Gasteiger partial charge in [0.2, 0.25) is 0 Å². The van der Waals surface area contributed by atoms with E-state index >= 15 is 0 Å². The van der Waals surface area contributed by atoms with Crippen molar-refractivity contribution in [2.24, 2.45) is 17.8 Å². The summed E-state index contributed by atoms with van der Waals surface area (Å²) in [5, 5.41) is 15.1. The predicted molar refractivity (Wildman–Crippen MR) is 126 cm³/mol. The van der Waals surface area contributed by atoms with E-state index in [0.717, 1.165) is 76.4 Å². The number of esters is 1. The highest BCUT2D eigenvalue weighted by Crippen LogP contribution is 2.37. The van der Waals surface area contributed by atoms with Crippen LogP contribution in [0, 0.1) is 17.8 Å². The van der Waals surface area contributed by atoms with Crippen molar-refractivity contribution in [2.45, 2.75) is 63.6 Å². The Bertz CT molecular complexity index is 969. The van der Waals surface area contributed by atoms with E-state index in [0.29, 0.717) is 35.7 Å². The number of ether oxygens (including phenoxy) is 3. The summed E-state index contributed by atoms with van der Waals surface area (Å²) < 4.78 is 22.7. The Morgan fingerprint density at radius 3 is 2.76 bits per heavy atom. The SMILES string of the molecule is COC(=O)C1CCC(CN2CCC(COc3noc4cccc(OC5CCCC5O)c34)CC2)C1. The van der Waals surface area contributed by atoms with Crippen LogP contribution in [0.1, 0.15) is 51.4 Å². The molecule has 1 N–H and O–H groups in total. The zero-order chi connectivity index (χ0) is 23.5. The van der Waals surface area contributed by atoms with Gasteiger partial charge in [-0.2, -0.15) is 0 Å². The summed E-state index contributed by atoms with van der Waals surface area (Å²) in [5.41, 5.74) is 0.636. The molecule has 2 aromatic rings. The first kappa shape index (κ1) is 23.4. The molecule has 5 rings (SSSR count). The maximum absolute atomic E-state index is 11.8. The van der Waals surface area contributed by atoms with Crippen molar-refractivity contribution in [2.75, 3.05) is 33.4 Å². The molecule has 8 heteroatoms. The lowest BCUT2D eigenvalue weighted by molar-refractivity contribution is -0.145. The summed E-state index contributed by atoms with van der Waals surface area (Å²) in [4.78, 5) is 14.3. The third-order valence-electron chi connectivity index (χ3n) is 7.88. The van der Waals surface area contributed by atoms with Gasteiger partial charge in [-0.1, -0.05) is 6.07 Å². The summed E-state index contributed by atoms with van der Waals surface area (Å²) in [6.07, 6.45) is 7.17. The average molecular weight is 473 g/mol. The van der Waals surface area contributed by atoms with Crippen molar-refractivity contribution in [3.63, 3.8) is 0 Å². The lowest BCUT2D eigenvalue weighted by Crippen LogP contribution is -2.38. The number of hydrogen-bond donors (Lipinski definition) is 1. The number of aliphatic hydroxyl groups is 1. The number of aliphatic hydroxyl groups excluding tert-OH is 1. The summed E-state index contributed by atoms with van der Waals surface area (Å²) in [6, 6.07) is 5.63. The molecular formula is C26H36N2O6. The van der Waals surface area contributed by atoms with Crippen molar-refractivity contribution in [3.8, 4) is 11.6 Å². The molecule has 0 amide bonds. The van der Waals surface area contributed by atoms with Gasteiger partial charge in [0.05, 0.1) is 25.7 Å². The lowest BCUT2D eigenvalue weighted by Gasteiger charge is -2.33. The van der Waals surface area contributed by atoms with E-state index in [-0.39, 0.29) is 18.0 Å². The van der Waals surface area contributed by atoms with Gasteiger partial charge in [-0.15, -0.1) is 0 Å². The van der Waals surface area contributed by atoms with Crippen LogP contribution in [0.15, 0.2) is 22.7 Å². The van der Waals surface area contributed by atoms with E-state index in [9.17, 15) is 9.90 Å². The van der Waals surface area contributed by atoms with Gasteiger partial charge < -0.3 is 28.7 Å². The number of methoxy groups -OCH3 is 1. The number of hydrogen-bond acceptors (Lipinski definition) is 8. The van der Waals surface area contributed by atoms with Crippen molar-refractivity contribution in [1.82, 2.24) is 10.1 Å². The molecule has 2 heterocycles. The monoisotopic (exact) mass is 472 g/mol. The fourth-order valence-electron chi connectivity index (χ4n) is 5.86. The number of benzene rings is 1. The van der Waals surface area contributed by atoms with E-state index in [1.54, 1.807) is 0 Å². The van der Waals surface area contributed by atoms with Crippen LogP contribution in [0.4, 0.5) is 0 Å². The maximum atomic E-state index is 11.8. The minimum absolute atomic E-state index is 0.0493. The standard InChI is InChI=1S/C26H36N2O6/c1-31-26(30)19-9-8-18(14-19)15-28-12-10-17(11-13-28)16-32-25-24-22(6-3-7-23(24)34-27-25)33-21-5-2-4-20(21)29/h3,6-7,17-21,29H,2,4-5,8-16H2,1H3. The number of aromatic nitrogens is 1. The van der Waals surface area contributed by atoms with Crippen LogP contribution < -0.4 is 9.47 Å². The van der Waals surface area contributed by atoms with E-state index in [2.05, 4.69) is 10.1 Å². The first-order valence-corrected chi connectivity index (χ1v) is 12.8. The van der Waals surface area contributed by atoms with Crippen molar-refractivity contribution < 1.29 is 28.6 Å². The number of piperidine rings is 1. The van der Waals surface area contributed by atoms with Gasteiger partial charge >= 0.3 is 5.97 Å². The van der Waals surface area contributed by atoms with Crippen molar-refractivity contribution in [3.05, 3.63) is 18.2 Å². The van der Waals surface area contributed by atoms with Crippen LogP contribution in [0.2, 0.25) is 0 Å². The van der Waals surface area contributed by atoms with Crippen molar-refractivity contribution >= 4 is 16.9 Å². The number of carbonyl (C=O) groups excluding carboxylic acids is 1. The summed E-state index contributed by atoms with van der Waals surface area (Å²) in [7, 11) is 1.48. The second-order valence-electron chi connectivity index (χ2n) is 10.2. The lowest BCUT2D eigenvalue weighted by atomic mass is 9.96. The van der Waals surface area contributed by atoms with Gasteiger partial charge in [0.1, 0.15) is 17.2 Å². The van der Waals surface area contributed by atoms with E-state index in [4.69, 9.17) is 18.7 Å². The third-order valence-corrected chi connectivity index (χ3v) is 7.88. The number of likely N-dealkylation sites (tertiary alicyclic amines) is 1. The summed E-state index contributed by atoms with van der Waals surface area (Å²) in [6.45, 7) is 3.79. The molecule has 2 saturated carbocycles. The van der Waals surface area contributed by atoms with Gasteiger partial charge in [-0.05, 0) is 93.6 Å². The van der Waals surface area contributed by atoms with Crippen molar-refractivity contribution in [1.29, 1.82) is 0 Å². The normalized spacial score (nSPS) is 28.4. The molecule has 34 heavy (non-hydrogen) atoms. The van der Waals surface area contributed by atoms with Gasteiger partial charge in [0.15, 0.2) is 5.58 Å². The Balaban J connectivity index is 1.12. The van der Waals surface area contributed by atoms with E-state index in [1.807, 2.05) is 18.2 Å². The first-order chi connectivity index (χ1) is 16.6. The Kier molecular flexibility index (Phi) is 7.25. The fraction of sp³-hybridized carbons (Fsp3) is 0.692. The number of fused-ring (bicyclic) bond motifs is 1. The quantitative estimate of drug-likeness (QED) is 0.580. The zero-order valence-corrected chi connectivity index (χ0v) is 20.0. The Labute approximate surface area is 200 Å². The molecule has 1 aromatic heterocycles. The minimum Gasteiger partial charge on any atom is -0.487 e. The molecule has 1 saturated heterocycles. The van der Waals surface area contributed by atoms with Gasteiger partial charge in [0.25, 0.3) is 5.88 Å². The molecule has 4 unspecified atom stereocenters. The van der Waals surface area contributed by atoms with E-state index in [1.165, 1.54) is 7.11 Å². The molecule has 3 fully saturated rings. The summed E-state index contributed by atoms with van der Waals surface area (Å²) >= 11 is 0. The smallest absolute Gasteiger partial charge is 0.308 e. The first-order valence-electron chi connectivity index (χ1n) is 12.8. The van der Waals surface area contributed by atoms with E-state index < -0.39 is 6.10 Å². The highest BCUT2D eigenvalue weighted by atomic mass is 16.5. The van der Waals surface area contributed by atoms with Gasteiger partial charge in [-0.3, -0.25) is 4.79 Å².